The van der Waals surface area contributed by atoms with E-state index in [2.05, 4.69) is 25.7 Å². The van der Waals surface area contributed by atoms with Gasteiger partial charge in [-0.05, 0) is 0 Å². The van der Waals surface area contributed by atoms with Crippen molar-refractivity contribution in [2.75, 3.05) is 25.2 Å². The van der Waals surface area contributed by atoms with Gasteiger partial charge in [0.1, 0.15) is 6.04 Å². The van der Waals surface area contributed by atoms with E-state index in [1.54, 1.807) is 17.1 Å². The zero-order valence-electron chi connectivity index (χ0n) is 13.5. The van der Waals surface area contributed by atoms with Crippen LogP contribution in [0.3, 0.4) is 0 Å². The molecular formula is C13H21N5O5S. The molecule has 0 unspecified atom stereocenters. The summed E-state index contributed by atoms with van der Waals surface area (Å²) in [6, 6.07) is -2.00. The second-order valence-corrected chi connectivity index (χ2v) is 5.91. The van der Waals surface area contributed by atoms with E-state index in [0.717, 1.165) is 7.11 Å². The standard InChI is InChI=1S/C13H21N5O5S/c1-9(20)15-11(8-24-6-5-18-4-3-14-17-18)12(21)16-10(7-19)13(22)23-2/h3-4,10-11,19H,5-8H2,1-2H3,(H,15,20)(H,16,21)/t10-,11-/m0/s1. The third-order valence-electron chi connectivity index (χ3n) is 2.90. The molecule has 0 saturated heterocycles. The third kappa shape index (κ3) is 6.96. The lowest BCUT2D eigenvalue weighted by Gasteiger charge is -2.20. The number of esters is 1. The van der Waals surface area contributed by atoms with E-state index < -0.39 is 30.6 Å². The number of aryl methyl sites for hydroxylation is 1. The number of hydrogen-bond donors (Lipinski definition) is 3. The van der Waals surface area contributed by atoms with Gasteiger partial charge in [0, 0.05) is 24.6 Å². The molecule has 0 bridgehead atoms. The Balaban J connectivity index is 2.51. The Bertz CT molecular complexity index is 539. The van der Waals surface area contributed by atoms with Gasteiger partial charge in [-0.25, -0.2) is 4.79 Å². The number of nitrogens with one attached hydrogen (secondary N) is 2. The van der Waals surface area contributed by atoms with Crippen LogP contribution < -0.4 is 10.6 Å². The first-order valence-corrected chi connectivity index (χ1v) is 8.31. The van der Waals surface area contributed by atoms with Crippen molar-refractivity contribution < 1.29 is 24.2 Å². The number of rotatable bonds is 10. The molecule has 0 aliphatic carbocycles. The molecule has 1 heterocycles. The number of aliphatic hydroxyl groups excluding tert-OH is 1. The molecule has 0 radical (unpaired) electrons. The number of aliphatic hydroxyl groups is 1. The van der Waals surface area contributed by atoms with E-state index in [1.807, 2.05) is 0 Å². The maximum atomic E-state index is 12.2. The first kappa shape index (κ1) is 19.9. The smallest absolute Gasteiger partial charge is 0.330 e. The summed E-state index contributed by atoms with van der Waals surface area (Å²) < 4.78 is 6.14. The van der Waals surface area contributed by atoms with Crippen LogP contribution in [0.2, 0.25) is 0 Å². The molecule has 3 N–H and O–H groups in total. The van der Waals surface area contributed by atoms with Crippen LogP contribution in [0, 0.1) is 0 Å². The Hall–Kier alpha value is -2.14. The van der Waals surface area contributed by atoms with E-state index in [-0.39, 0.29) is 5.91 Å². The van der Waals surface area contributed by atoms with Crippen molar-refractivity contribution in [1.29, 1.82) is 0 Å². The summed E-state index contributed by atoms with van der Waals surface area (Å²) in [5.41, 5.74) is 0. The Kier molecular flexibility index (Phi) is 8.79. The van der Waals surface area contributed by atoms with Crippen molar-refractivity contribution in [2.45, 2.75) is 25.6 Å². The van der Waals surface area contributed by atoms with Crippen LogP contribution in [-0.4, -0.2) is 75.2 Å². The van der Waals surface area contributed by atoms with Crippen molar-refractivity contribution in [1.82, 2.24) is 25.6 Å². The molecule has 2 amide bonds. The predicted molar refractivity (Wildman–Crippen MR) is 86.0 cm³/mol. The van der Waals surface area contributed by atoms with Gasteiger partial charge < -0.3 is 20.5 Å². The summed E-state index contributed by atoms with van der Waals surface area (Å²) in [6.07, 6.45) is 3.29. The Morgan fingerprint density at radius 2 is 2.08 bits per heavy atom. The number of thioether (sulfide) groups is 1. The lowest BCUT2D eigenvalue weighted by molar-refractivity contribution is -0.146. The van der Waals surface area contributed by atoms with Gasteiger partial charge in [-0.3, -0.25) is 14.3 Å². The van der Waals surface area contributed by atoms with Crippen LogP contribution in [0.4, 0.5) is 0 Å². The molecule has 0 saturated carbocycles. The summed E-state index contributed by atoms with van der Waals surface area (Å²) in [5, 5.41) is 21.5. The number of aromatic nitrogens is 3. The fourth-order valence-electron chi connectivity index (χ4n) is 1.73. The van der Waals surface area contributed by atoms with Crippen molar-refractivity contribution in [3.05, 3.63) is 12.4 Å². The summed E-state index contributed by atoms with van der Waals surface area (Å²) >= 11 is 1.44. The van der Waals surface area contributed by atoms with Gasteiger partial charge in [-0.1, -0.05) is 5.21 Å². The minimum absolute atomic E-state index is 0.305. The number of carbonyl (C=O) groups is 3. The van der Waals surface area contributed by atoms with Gasteiger partial charge in [0.05, 0.1) is 26.5 Å². The molecule has 0 spiro atoms. The zero-order valence-corrected chi connectivity index (χ0v) is 14.3. The maximum Gasteiger partial charge on any atom is 0.330 e. The molecule has 11 heteroatoms. The number of carbonyl (C=O) groups excluding carboxylic acids is 3. The van der Waals surface area contributed by atoms with Crippen molar-refractivity contribution >= 4 is 29.5 Å². The molecular weight excluding hydrogens is 338 g/mol. The van der Waals surface area contributed by atoms with Crippen LogP contribution >= 0.6 is 11.8 Å². The molecule has 2 atom stereocenters. The quantitative estimate of drug-likeness (QED) is 0.328. The second kappa shape index (κ2) is 10.6. The minimum atomic E-state index is -1.17. The highest BCUT2D eigenvalue weighted by Crippen LogP contribution is 2.05. The molecule has 0 aromatic carbocycles. The topological polar surface area (TPSA) is 135 Å². The normalized spacial score (nSPS) is 13.0. The number of hydrogen-bond acceptors (Lipinski definition) is 8. The molecule has 24 heavy (non-hydrogen) atoms. The molecule has 1 aromatic rings. The van der Waals surface area contributed by atoms with Crippen molar-refractivity contribution in [2.24, 2.45) is 0 Å². The van der Waals surface area contributed by atoms with Gasteiger partial charge in [-0.15, -0.1) is 5.10 Å². The summed E-state index contributed by atoms with van der Waals surface area (Å²) in [6.45, 7) is 1.31. The first-order valence-electron chi connectivity index (χ1n) is 7.16. The highest BCUT2D eigenvalue weighted by molar-refractivity contribution is 7.99. The monoisotopic (exact) mass is 359 g/mol. The fraction of sp³-hybridized carbons (Fsp3) is 0.615. The first-order chi connectivity index (χ1) is 11.5. The Morgan fingerprint density at radius 1 is 1.33 bits per heavy atom. The molecule has 10 nitrogen and oxygen atoms in total. The zero-order chi connectivity index (χ0) is 17.9. The lowest BCUT2D eigenvalue weighted by Crippen LogP contribution is -2.53. The molecule has 0 fully saturated rings. The average molecular weight is 359 g/mol. The average Bonchev–Trinajstić information content (AvgIpc) is 3.07. The van der Waals surface area contributed by atoms with Gasteiger partial charge >= 0.3 is 5.97 Å². The summed E-state index contributed by atoms with van der Waals surface area (Å²) in [4.78, 5) is 34.9. The summed E-state index contributed by atoms with van der Waals surface area (Å²) in [5.74, 6) is -0.730. The van der Waals surface area contributed by atoms with Gasteiger partial charge in [0.15, 0.2) is 6.04 Å². The molecule has 1 aromatic heterocycles. The van der Waals surface area contributed by atoms with Gasteiger partial charge in [-0.2, -0.15) is 11.8 Å². The molecule has 0 aliphatic heterocycles. The Labute approximate surface area is 143 Å². The van der Waals surface area contributed by atoms with E-state index in [0.29, 0.717) is 18.1 Å². The van der Waals surface area contributed by atoms with E-state index in [9.17, 15) is 14.4 Å². The minimum Gasteiger partial charge on any atom is -0.467 e. The SMILES string of the molecule is COC(=O)[C@H](CO)NC(=O)[C@H](CSCCn1ccnn1)NC(C)=O. The van der Waals surface area contributed by atoms with Gasteiger partial charge in [0.25, 0.3) is 0 Å². The molecule has 0 aliphatic rings. The highest BCUT2D eigenvalue weighted by atomic mass is 32.2. The van der Waals surface area contributed by atoms with Gasteiger partial charge in [0.2, 0.25) is 11.8 Å². The largest absolute Gasteiger partial charge is 0.467 e. The number of ether oxygens (including phenoxy) is 1. The Morgan fingerprint density at radius 3 is 2.62 bits per heavy atom. The lowest BCUT2D eigenvalue weighted by atomic mass is 10.2. The van der Waals surface area contributed by atoms with Crippen molar-refractivity contribution in [3.8, 4) is 0 Å². The summed E-state index contributed by atoms with van der Waals surface area (Å²) in [7, 11) is 1.16. The van der Waals surface area contributed by atoms with E-state index in [1.165, 1.54) is 18.7 Å². The fourth-order valence-corrected chi connectivity index (χ4v) is 2.69. The molecule has 134 valence electrons. The van der Waals surface area contributed by atoms with Crippen LogP contribution in [0.15, 0.2) is 12.4 Å². The van der Waals surface area contributed by atoms with Crippen LogP contribution in [0.5, 0.6) is 0 Å². The number of nitrogens with zero attached hydrogens (tertiary/aromatic N) is 3. The number of methoxy groups -OCH3 is 1. The third-order valence-corrected chi connectivity index (χ3v) is 3.94. The van der Waals surface area contributed by atoms with Crippen LogP contribution in [0.25, 0.3) is 0 Å². The molecule has 1 rings (SSSR count). The predicted octanol–water partition coefficient (Wildman–Crippen LogP) is -1.83. The maximum absolute atomic E-state index is 12.2. The van der Waals surface area contributed by atoms with Crippen LogP contribution in [0.1, 0.15) is 6.92 Å². The number of amides is 2. The van der Waals surface area contributed by atoms with E-state index in [4.69, 9.17) is 5.11 Å². The van der Waals surface area contributed by atoms with E-state index >= 15 is 0 Å². The van der Waals surface area contributed by atoms with Crippen LogP contribution in [-0.2, 0) is 25.7 Å². The van der Waals surface area contributed by atoms with Crippen molar-refractivity contribution in [3.63, 3.8) is 0 Å². The highest BCUT2D eigenvalue weighted by Gasteiger charge is 2.26. The second-order valence-electron chi connectivity index (χ2n) is 4.76.